The molecule has 2 rings (SSSR count). The van der Waals surface area contributed by atoms with Crippen LogP contribution in [0.4, 0.5) is 4.79 Å². The molecule has 0 bridgehead atoms. The summed E-state index contributed by atoms with van der Waals surface area (Å²) in [4.78, 5) is 39.1. The molecule has 154 valence electrons. The molecule has 4 amide bonds. The molecule has 1 aliphatic rings. The summed E-state index contributed by atoms with van der Waals surface area (Å²) < 4.78 is 5.15. The summed E-state index contributed by atoms with van der Waals surface area (Å²) in [5.41, 5.74) is 0.118. The van der Waals surface area contributed by atoms with Gasteiger partial charge in [0.15, 0.2) is 13.2 Å². The zero-order valence-electron chi connectivity index (χ0n) is 17.3. The summed E-state index contributed by atoms with van der Waals surface area (Å²) in [6.45, 7) is 5.86. The zero-order chi connectivity index (χ0) is 20.9. The van der Waals surface area contributed by atoms with Gasteiger partial charge in [-0.1, -0.05) is 12.1 Å². The Morgan fingerprint density at radius 3 is 2.50 bits per heavy atom. The lowest BCUT2D eigenvalue weighted by Crippen LogP contribution is -3.12. The molecule has 1 heterocycles. The van der Waals surface area contributed by atoms with Crippen molar-refractivity contribution < 1.29 is 24.0 Å². The molecule has 8 heteroatoms. The van der Waals surface area contributed by atoms with E-state index in [9.17, 15) is 14.4 Å². The molecule has 1 aromatic rings. The topological polar surface area (TPSA) is 92.2 Å². The molecule has 0 saturated carbocycles. The average molecular weight is 391 g/mol. The van der Waals surface area contributed by atoms with Crippen LogP contribution in [-0.4, -0.2) is 61.7 Å². The largest absolute Gasteiger partial charge is 0.497 e. The number of methoxy groups -OCH3 is 1. The number of imide groups is 1. The van der Waals surface area contributed by atoms with Crippen LogP contribution < -0.4 is 20.3 Å². The number of aryl methyl sites for hydroxylation is 1. The van der Waals surface area contributed by atoms with Gasteiger partial charge in [0, 0.05) is 6.04 Å². The predicted octanol–water partition coefficient (Wildman–Crippen LogP) is -0.0649. The second kappa shape index (κ2) is 9.05. The summed E-state index contributed by atoms with van der Waals surface area (Å²) in [5.74, 6) is 0.412. The molecule has 0 aromatic heterocycles. The zero-order valence-corrected chi connectivity index (χ0v) is 17.3. The number of hydrogen-bond acceptors (Lipinski definition) is 4. The van der Waals surface area contributed by atoms with E-state index in [-0.39, 0.29) is 31.1 Å². The maximum Gasteiger partial charge on any atom is 0.329 e. The van der Waals surface area contributed by atoms with E-state index < -0.39 is 11.6 Å². The van der Waals surface area contributed by atoms with Gasteiger partial charge in [0.2, 0.25) is 0 Å². The van der Waals surface area contributed by atoms with Gasteiger partial charge < -0.3 is 20.3 Å². The van der Waals surface area contributed by atoms with Crippen molar-refractivity contribution in [3.63, 3.8) is 0 Å². The first-order chi connectivity index (χ1) is 13.1. The van der Waals surface area contributed by atoms with Crippen LogP contribution in [0.3, 0.4) is 0 Å². The van der Waals surface area contributed by atoms with Crippen LogP contribution in [0.2, 0.25) is 0 Å². The van der Waals surface area contributed by atoms with Gasteiger partial charge in [-0.2, -0.15) is 0 Å². The van der Waals surface area contributed by atoms with Gasteiger partial charge in [-0.15, -0.1) is 0 Å². The van der Waals surface area contributed by atoms with Gasteiger partial charge in [-0.3, -0.25) is 9.59 Å². The van der Waals surface area contributed by atoms with E-state index in [1.165, 1.54) is 4.90 Å². The van der Waals surface area contributed by atoms with E-state index in [1.807, 2.05) is 38.1 Å². The number of carbonyl (C=O) groups is 3. The van der Waals surface area contributed by atoms with E-state index in [2.05, 4.69) is 10.6 Å². The molecule has 1 fully saturated rings. The Hall–Kier alpha value is -2.61. The smallest absolute Gasteiger partial charge is 0.329 e. The second-order valence-electron chi connectivity index (χ2n) is 7.86. The van der Waals surface area contributed by atoms with Gasteiger partial charge in [0.05, 0.1) is 14.2 Å². The minimum Gasteiger partial charge on any atom is -0.497 e. The number of nitrogens with zero attached hydrogens (tertiary/aromatic N) is 1. The van der Waals surface area contributed by atoms with Crippen LogP contribution in [0.1, 0.15) is 32.8 Å². The Kier molecular flexibility index (Phi) is 7.01. The third-order valence-corrected chi connectivity index (χ3v) is 4.76. The Labute approximate surface area is 166 Å². The Morgan fingerprint density at radius 1 is 1.29 bits per heavy atom. The van der Waals surface area contributed by atoms with Crippen molar-refractivity contribution in [2.75, 3.05) is 27.4 Å². The SMILES string of the molecule is COc1ccc(CC[C@@]2(C)NC(=O)N(C[NH+](C)CC(=O)NC(C)C)C2=O)cc1. The minimum absolute atomic E-state index is 0.0539. The highest BCUT2D eigenvalue weighted by Crippen LogP contribution is 2.23. The van der Waals surface area contributed by atoms with Crippen molar-refractivity contribution >= 4 is 17.8 Å². The van der Waals surface area contributed by atoms with Gasteiger partial charge in [0.25, 0.3) is 11.8 Å². The predicted molar refractivity (Wildman–Crippen MR) is 105 cm³/mol. The number of benzene rings is 1. The number of urea groups is 1. The molecular formula is C20H31N4O4+. The van der Waals surface area contributed by atoms with Crippen molar-refractivity contribution in [3.05, 3.63) is 29.8 Å². The van der Waals surface area contributed by atoms with E-state index in [0.29, 0.717) is 12.8 Å². The molecule has 1 aromatic carbocycles. The summed E-state index contributed by atoms with van der Waals surface area (Å²) in [6, 6.07) is 7.29. The van der Waals surface area contributed by atoms with Crippen LogP contribution in [-0.2, 0) is 16.0 Å². The third kappa shape index (κ3) is 5.45. The fourth-order valence-electron chi connectivity index (χ4n) is 3.22. The van der Waals surface area contributed by atoms with Crippen molar-refractivity contribution in [2.45, 2.75) is 45.2 Å². The first kappa shape index (κ1) is 21.7. The van der Waals surface area contributed by atoms with Crippen molar-refractivity contribution in [1.29, 1.82) is 0 Å². The lowest BCUT2D eigenvalue weighted by molar-refractivity contribution is -0.879. The van der Waals surface area contributed by atoms with Crippen molar-refractivity contribution in [3.8, 4) is 5.75 Å². The molecule has 0 spiro atoms. The van der Waals surface area contributed by atoms with Crippen LogP contribution in [0.25, 0.3) is 0 Å². The third-order valence-electron chi connectivity index (χ3n) is 4.76. The van der Waals surface area contributed by atoms with Crippen LogP contribution in [0.5, 0.6) is 5.75 Å². The number of hydrogen-bond donors (Lipinski definition) is 3. The Morgan fingerprint density at radius 2 is 1.93 bits per heavy atom. The van der Waals surface area contributed by atoms with E-state index in [1.54, 1.807) is 21.1 Å². The molecule has 0 aliphatic carbocycles. The lowest BCUT2D eigenvalue weighted by atomic mass is 9.93. The standard InChI is InChI=1S/C20H30N4O4/c1-14(2)21-17(25)12-23(4)13-24-18(26)20(3,22-19(24)27)11-10-15-6-8-16(28-5)9-7-15/h6-9,14H,10-13H2,1-5H3,(H,21,25)(H,22,27)/p+1/t20-/m1/s1. The summed E-state index contributed by atoms with van der Waals surface area (Å²) in [6.07, 6.45) is 1.15. The summed E-state index contributed by atoms with van der Waals surface area (Å²) in [5, 5.41) is 5.62. The first-order valence-electron chi connectivity index (χ1n) is 9.52. The lowest BCUT2D eigenvalue weighted by Gasteiger charge is -2.23. The average Bonchev–Trinajstić information content (AvgIpc) is 2.83. The number of amides is 4. The van der Waals surface area contributed by atoms with Crippen molar-refractivity contribution in [2.24, 2.45) is 0 Å². The number of ether oxygens (including phenoxy) is 1. The van der Waals surface area contributed by atoms with Gasteiger partial charge >= 0.3 is 6.03 Å². The minimum atomic E-state index is -0.947. The first-order valence-corrected chi connectivity index (χ1v) is 9.52. The molecule has 0 radical (unpaired) electrons. The number of likely N-dealkylation sites (N-methyl/N-ethyl adjacent to an activating group) is 1. The maximum atomic E-state index is 12.9. The summed E-state index contributed by atoms with van der Waals surface area (Å²) >= 11 is 0. The molecule has 8 nitrogen and oxygen atoms in total. The highest BCUT2D eigenvalue weighted by atomic mass is 16.5. The highest BCUT2D eigenvalue weighted by Gasteiger charge is 2.48. The number of nitrogens with one attached hydrogen (secondary N) is 3. The molecule has 1 saturated heterocycles. The van der Waals surface area contributed by atoms with E-state index >= 15 is 0 Å². The number of carbonyl (C=O) groups excluding carboxylic acids is 3. The second-order valence-corrected chi connectivity index (χ2v) is 7.86. The number of quaternary nitrogens is 1. The maximum absolute atomic E-state index is 12.9. The highest BCUT2D eigenvalue weighted by molar-refractivity contribution is 6.06. The van der Waals surface area contributed by atoms with E-state index in [4.69, 9.17) is 4.74 Å². The fourth-order valence-corrected chi connectivity index (χ4v) is 3.22. The normalized spacial score (nSPS) is 20.3. The molecule has 2 atom stereocenters. The summed E-state index contributed by atoms with van der Waals surface area (Å²) in [7, 11) is 3.40. The molecule has 1 aliphatic heterocycles. The van der Waals surface area contributed by atoms with E-state index in [0.717, 1.165) is 16.2 Å². The van der Waals surface area contributed by atoms with Crippen LogP contribution in [0, 0.1) is 0 Å². The van der Waals surface area contributed by atoms with Gasteiger partial charge in [0.1, 0.15) is 11.3 Å². The molecule has 3 N–H and O–H groups in total. The quantitative estimate of drug-likeness (QED) is 0.514. The molecule has 1 unspecified atom stereocenters. The number of rotatable bonds is 9. The monoisotopic (exact) mass is 391 g/mol. The Bertz CT molecular complexity index is 719. The van der Waals surface area contributed by atoms with Gasteiger partial charge in [-0.05, 0) is 51.3 Å². The fraction of sp³-hybridized carbons (Fsp3) is 0.550. The van der Waals surface area contributed by atoms with Gasteiger partial charge in [-0.25, -0.2) is 9.69 Å². The van der Waals surface area contributed by atoms with Crippen LogP contribution in [0.15, 0.2) is 24.3 Å². The molecule has 28 heavy (non-hydrogen) atoms. The van der Waals surface area contributed by atoms with Crippen molar-refractivity contribution in [1.82, 2.24) is 15.5 Å². The van der Waals surface area contributed by atoms with Crippen LogP contribution >= 0.6 is 0 Å². The Balaban J connectivity index is 1.94. The molecular weight excluding hydrogens is 360 g/mol.